The molecule has 1 unspecified atom stereocenters. The first-order chi connectivity index (χ1) is 7.65. The Kier molecular flexibility index (Phi) is 2.83. The summed E-state index contributed by atoms with van der Waals surface area (Å²) in [5.41, 5.74) is 9.03. The summed E-state index contributed by atoms with van der Waals surface area (Å²) in [7, 11) is 1.40. The third-order valence-electron chi connectivity index (χ3n) is 3.00. The quantitative estimate of drug-likeness (QED) is 0.727. The van der Waals surface area contributed by atoms with Gasteiger partial charge in [-0.05, 0) is 24.5 Å². The summed E-state index contributed by atoms with van der Waals surface area (Å²) in [4.78, 5) is 13.3. The van der Waals surface area contributed by atoms with Gasteiger partial charge >= 0.3 is 6.09 Å². The number of fused-ring (bicyclic) bond motifs is 1. The van der Waals surface area contributed by atoms with E-state index in [1.807, 2.05) is 25.1 Å². The van der Waals surface area contributed by atoms with Gasteiger partial charge in [0.2, 0.25) is 0 Å². The highest BCUT2D eigenvalue weighted by atomic mass is 16.5. The Morgan fingerprint density at radius 3 is 3.00 bits per heavy atom. The number of ether oxygens (including phenoxy) is 1. The van der Waals surface area contributed by atoms with Crippen LogP contribution in [0.15, 0.2) is 18.2 Å². The molecule has 0 bridgehead atoms. The van der Waals surface area contributed by atoms with Crippen molar-refractivity contribution in [3.8, 4) is 0 Å². The Morgan fingerprint density at radius 2 is 2.31 bits per heavy atom. The number of hydrogen-bond acceptors (Lipinski definition) is 3. The summed E-state index contributed by atoms with van der Waals surface area (Å²) in [6.07, 6.45) is 0.452. The van der Waals surface area contributed by atoms with Crippen LogP contribution in [0.2, 0.25) is 0 Å². The van der Waals surface area contributed by atoms with Crippen molar-refractivity contribution in [1.29, 1.82) is 0 Å². The molecule has 0 fully saturated rings. The molecule has 1 aliphatic rings. The van der Waals surface area contributed by atoms with Crippen molar-refractivity contribution in [2.45, 2.75) is 19.4 Å². The van der Waals surface area contributed by atoms with Crippen molar-refractivity contribution in [2.24, 2.45) is 5.73 Å². The molecule has 0 saturated carbocycles. The molecule has 16 heavy (non-hydrogen) atoms. The van der Waals surface area contributed by atoms with E-state index in [0.717, 1.165) is 23.2 Å². The molecular weight excluding hydrogens is 204 g/mol. The van der Waals surface area contributed by atoms with Crippen molar-refractivity contribution in [3.05, 3.63) is 29.3 Å². The first kappa shape index (κ1) is 11.0. The van der Waals surface area contributed by atoms with Gasteiger partial charge in [0.15, 0.2) is 0 Å². The van der Waals surface area contributed by atoms with E-state index in [4.69, 9.17) is 10.5 Å². The minimum Gasteiger partial charge on any atom is -0.452 e. The Bertz CT molecular complexity index is 417. The van der Waals surface area contributed by atoms with E-state index < -0.39 is 0 Å². The van der Waals surface area contributed by atoms with Crippen molar-refractivity contribution < 1.29 is 9.53 Å². The maximum atomic E-state index is 11.7. The van der Waals surface area contributed by atoms with Crippen LogP contribution in [0.4, 0.5) is 10.5 Å². The van der Waals surface area contributed by atoms with Gasteiger partial charge in [0, 0.05) is 12.6 Å². The molecule has 0 radical (unpaired) electrons. The number of nitrogens with two attached hydrogens (primary N) is 1. The normalized spacial score (nSPS) is 19.2. The van der Waals surface area contributed by atoms with Crippen LogP contribution >= 0.6 is 0 Å². The topological polar surface area (TPSA) is 55.6 Å². The third-order valence-corrected chi connectivity index (χ3v) is 3.00. The largest absolute Gasteiger partial charge is 0.452 e. The van der Waals surface area contributed by atoms with Gasteiger partial charge < -0.3 is 10.5 Å². The lowest BCUT2D eigenvalue weighted by Crippen LogP contribution is -2.38. The Morgan fingerprint density at radius 1 is 1.56 bits per heavy atom. The van der Waals surface area contributed by atoms with Crippen LogP contribution in [0.25, 0.3) is 0 Å². The summed E-state index contributed by atoms with van der Waals surface area (Å²) in [5, 5.41) is 0. The van der Waals surface area contributed by atoms with Crippen molar-refractivity contribution in [1.82, 2.24) is 0 Å². The van der Waals surface area contributed by atoms with E-state index in [1.54, 1.807) is 4.90 Å². The van der Waals surface area contributed by atoms with Gasteiger partial charge in [-0.3, -0.25) is 4.90 Å². The molecule has 4 nitrogen and oxygen atoms in total. The van der Waals surface area contributed by atoms with E-state index in [9.17, 15) is 4.79 Å². The first-order valence-corrected chi connectivity index (χ1v) is 5.35. The van der Waals surface area contributed by atoms with Crippen molar-refractivity contribution >= 4 is 11.8 Å². The van der Waals surface area contributed by atoms with Gasteiger partial charge in [-0.25, -0.2) is 4.79 Å². The minimum atomic E-state index is -0.317. The number of benzene rings is 1. The summed E-state index contributed by atoms with van der Waals surface area (Å²) < 4.78 is 4.78. The average molecular weight is 220 g/mol. The fraction of sp³-hybridized carbons (Fsp3) is 0.417. The van der Waals surface area contributed by atoms with Crippen LogP contribution < -0.4 is 10.6 Å². The number of carbonyl (C=O) groups is 1. The van der Waals surface area contributed by atoms with Gasteiger partial charge in [-0.2, -0.15) is 0 Å². The monoisotopic (exact) mass is 220 g/mol. The van der Waals surface area contributed by atoms with Crippen LogP contribution in [0, 0.1) is 6.92 Å². The van der Waals surface area contributed by atoms with Crippen LogP contribution in [0.1, 0.15) is 23.6 Å². The number of carbonyl (C=O) groups excluding carboxylic acids is 1. The molecule has 0 aliphatic carbocycles. The number of nitrogens with zero attached hydrogens (tertiary/aromatic N) is 1. The highest BCUT2D eigenvalue weighted by Crippen LogP contribution is 2.35. The second-order valence-electron chi connectivity index (χ2n) is 4.03. The summed E-state index contributed by atoms with van der Waals surface area (Å²) in [6, 6.07) is 5.93. The summed E-state index contributed by atoms with van der Waals surface area (Å²) in [6.45, 7) is 2.60. The lowest BCUT2D eigenvalue weighted by molar-refractivity contribution is 0.178. The maximum Gasteiger partial charge on any atom is 0.414 e. The van der Waals surface area contributed by atoms with E-state index >= 15 is 0 Å². The molecule has 86 valence electrons. The zero-order valence-corrected chi connectivity index (χ0v) is 9.56. The Balaban J connectivity index is 2.50. The number of amides is 1. The second-order valence-corrected chi connectivity index (χ2v) is 4.03. The predicted octanol–water partition coefficient (Wildman–Crippen LogP) is 1.97. The van der Waals surface area contributed by atoms with Crippen LogP contribution in [-0.2, 0) is 4.74 Å². The fourth-order valence-electron chi connectivity index (χ4n) is 2.18. The molecule has 4 heteroatoms. The van der Waals surface area contributed by atoms with Crippen molar-refractivity contribution in [2.75, 3.05) is 18.6 Å². The SMILES string of the molecule is COC(=O)N1CCC(N)c2cccc(C)c21. The van der Waals surface area contributed by atoms with E-state index in [2.05, 4.69) is 0 Å². The zero-order valence-electron chi connectivity index (χ0n) is 9.56. The first-order valence-electron chi connectivity index (χ1n) is 5.35. The average Bonchev–Trinajstić information content (AvgIpc) is 2.30. The number of aryl methyl sites for hydroxylation is 1. The molecule has 1 aliphatic heterocycles. The molecule has 1 amide bonds. The predicted molar refractivity (Wildman–Crippen MR) is 62.5 cm³/mol. The molecule has 1 atom stereocenters. The highest BCUT2D eigenvalue weighted by molar-refractivity contribution is 5.90. The molecule has 1 aromatic rings. The fourth-order valence-corrected chi connectivity index (χ4v) is 2.18. The smallest absolute Gasteiger partial charge is 0.414 e. The Hall–Kier alpha value is -1.55. The highest BCUT2D eigenvalue weighted by Gasteiger charge is 2.28. The van der Waals surface area contributed by atoms with Gasteiger partial charge in [0.25, 0.3) is 0 Å². The number of para-hydroxylation sites is 1. The van der Waals surface area contributed by atoms with Gasteiger partial charge in [-0.15, -0.1) is 0 Å². The van der Waals surface area contributed by atoms with Gasteiger partial charge in [-0.1, -0.05) is 18.2 Å². The van der Waals surface area contributed by atoms with Crippen LogP contribution in [0.5, 0.6) is 0 Å². The zero-order chi connectivity index (χ0) is 11.7. The summed E-state index contributed by atoms with van der Waals surface area (Å²) >= 11 is 0. The minimum absolute atomic E-state index is 0.0100. The standard InChI is InChI=1S/C12H16N2O2/c1-8-4-3-5-9-10(13)6-7-14(11(8)9)12(15)16-2/h3-5,10H,6-7,13H2,1-2H3. The summed E-state index contributed by atoms with van der Waals surface area (Å²) in [5.74, 6) is 0. The second kappa shape index (κ2) is 4.14. The molecular formula is C12H16N2O2. The third kappa shape index (κ3) is 1.65. The van der Waals surface area contributed by atoms with Crippen molar-refractivity contribution in [3.63, 3.8) is 0 Å². The molecule has 1 aromatic carbocycles. The van der Waals surface area contributed by atoms with Crippen LogP contribution in [0.3, 0.4) is 0 Å². The number of rotatable bonds is 0. The number of anilines is 1. The molecule has 0 saturated heterocycles. The molecule has 2 rings (SSSR count). The molecule has 2 N–H and O–H groups in total. The maximum absolute atomic E-state index is 11.7. The Labute approximate surface area is 95.0 Å². The van der Waals surface area contributed by atoms with Gasteiger partial charge in [0.1, 0.15) is 0 Å². The van der Waals surface area contributed by atoms with Crippen LogP contribution in [-0.4, -0.2) is 19.7 Å². The molecule has 0 spiro atoms. The van der Waals surface area contributed by atoms with Gasteiger partial charge in [0.05, 0.1) is 12.8 Å². The van der Waals surface area contributed by atoms with E-state index in [0.29, 0.717) is 6.54 Å². The number of methoxy groups -OCH3 is 1. The van der Waals surface area contributed by atoms with E-state index in [1.165, 1.54) is 7.11 Å². The number of hydrogen-bond donors (Lipinski definition) is 1. The molecule has 1 heterocycles. The molecule has 0 aromatic heterocycles. The van der Waals surface area contributed by atoms with E-state index in [-0.39, 0.29) is 12.1 Å². The lowest BCUT2D eigenvalue weighted by atomic mass is 9.95. The lowest BCUT2D eigenvalue weighted by Gasteiger charge is -2.33.